The second-order valence-electron chi connectivity index (χ2n) is 10.1. The van der Waals surface area contributed by atoms with Gasteiger partial charge in [-0.05, 0) is 117 Å². The number of hydrogen-bond donors (Lipinski definition) is 1. The first-order valence-corrected chi connectivity index (χ1v) is 13.7. The summed E-state index contributed by atoms with van der Waals surface area (Å²) < 4.78 is 0. The number of aryl methyl sites for hydroxylation is 5. The fourth-order valence-corrected chi connectivity index (χ4v) is 4.02. The standard InChI is InChI=1S/2C12H12N2.C12H11N2.Os/c2*1-9-3-5-13-11(7-9)12-8-10(2)4-6-14-12;1-9-5-6-14-12(7-9)10-3-2-4-11(13)8-10;/h2*3-8H,1-2H3;2,4-8H,13H2,1H3;/q;;-1;+1. The van der Waals surface area contributed by atoms with Crippen LogP contribution >= 0.6 is 0 Å². The van der Waals surface area contributed by atoms with Gasteiger partial charge in [-0.2, -0.15) is 0 Å². The van der Waals surface area contributed by atoms with Gasteiger partial charge >= 0.3 is 19.8 Å². The number of anilines is 1. The molecule has 6 aromatic rings. The van der Waals surface area contributed by atoms with Crippen LogP contribution in [0.2, 0.25) is 0 Å². The summed E-state index contributed by atoms with van der Waals surface area (Å²) in [6, 6.07) is 28.7. The molecule has 5 aromatic heterocycles. The van der Waals surface area contributed by atoms with E-state index in [1.807, 2.05) is 111 Å². The van der Waals surface area contributed by atoms with Crippen molar-refractivity contribution in [2.45, 2.75) is 34.6 Å². The molecule has 0 aliphatic heterocycles. The minimum atomic E-state index is 0. The SMILES string of the molecule is Cc1ccnc(-c2[c-]ccc(N)c2)c1.Cc1ccnc(-c2cc(C)ccn2)c1.Cc1ccnc(-c2cc(C)ccn2)c1.[Os+]. The Morgan fingerprint density at radius 1 is 0.442 bits per heavy atom. The van der Waals surface area contributed by atoms with Gasteiger partial charge in [0.25, 0.3) is 0 Å². The molecule has 2 N–H and O–H groups in total. The Balaban J connectivity index is 0.000000175. The third-order valence-corrected chi connectivity index (χ3v) is 6.20. The predicted octanol–water partition coefficient (Wildman–Crippen LogP) is 7.96. The van der Waals surface area contributed by atoms with Crippen LogP contribution in [-0.4, -0.2) is 24.9 Å². The molecule has 0 saturated heterocycles. The van der Waals surface area contributed by atoms with Crippen molar-refractivity contribution in [1.82, 2.24) is 24.9 Å². The molecule has 1 radical (unpaired) electrons. The van der Waals surface area contributed by atoms with Crippen LogP contribution in [0.5, 0.6) is 0 Å². The van der Waals surface area contributed by atoms with Crippen molar-refractivity contribution in [3.8, 4) is 34.0 Å². The summed E-state index contributed by atoms with van der Waals surface area (Å²) in [5.74, 6) is 0. The maximum Gasteiger partial charge on any atom is 1.00 e. The van der Waals surface area contributed by atoms with Gasteiger partial charge in [0.15, 0.2) is 0 Å². The number of nitrogen functional groups attached to an aromatic ring is 1. The van der Waals surface area contributed by atoms with Gasteiger partial charge in [-0.15, -0.1) is 29.8 Å². The molecule has 0 fully saturated rings. The van der Waals surface area contributed by atoms with Gasteiger partial charge < -0.3 is 10.7 Å². The number of benzene rings is 1. The molecule has 6 nitrogen and oxygen atoms in total. The average Bonchev–Trinajstić information content (AvgIpc) is 2.98. The van der Waals surface area contributed by atoms with E-state index in [9.17, 15) is 0 Å². The minimum absolute atomic E-state index is 0. The second kappa shape index (κ2) is 16.2. The van der Waals surface area contributed by atoms with E-state index in [4.69, 9.17) is 5.73 Å². The largest absolute Gasteiger partial charge is 1.00 e. The van der Waals surface area contributed by atoms with E-state index in [1.54, 1.807) is 6.20 Å². The zero-order chi connectivity index (χ0) is 29.9. The molecule has 217 valence electrons. The van der Waals surface area contributed by atoms with Gasteiger partial charge in [-0.1, -0.05) is 17.3 Å². The quantitative estimate of drug-likeness (QED) is 0.146. The first-order chi connectivity index (χ1) is 20.3. The third kappa shape index (κ3) is 10.3. The van der Waals surface area contributed by atoms with Gasteiger partial charge in [-0.25, -0.2) is 0 Å². The van der Waals surface area contributed by atoms with E-state index in [-0.39, 0.29) is 19.8 Å². The van der Waals surface area contributed by atoms with Crippen LogP contribution in [0.15, 0.2) is 110 Å². The second-order valence-corrected chi connectivity index (χ2v) is 10.1. The Labute approximate surface area is 267 Å². The molecule has 0 aliphatic carbocycles. The molecule has 0 unspecified atom stereocenters. The van der Waals surface area contributed by atoms with Crippen molar-refractivity contribution in [3.63, 3.8) is 0 Å². The summed E-state index contributed by atoms with van der Waals surface area (Å²) in [6.45, 7) is 10.3. The molecule has 0 saturated carbocycles. The molecule has 0 bridgehead atoms. The van der Waals surface area contributed by atoms with Gasteiger partial charge in [0.2, 0.25) is 0 Å². The van der Waals surface area contributed by atoms with Crippen molar-refractivity contribution in [2.24, 2.45) is 0 Å². The summed E-state index contributed by atoms with van der Waals surface area (Å²) in [5.41, 5.74) is 18.0. The Morgan fingerprint density at radius 2 is 0.744 bits per heavy atom. The third-order valence-electron chi connectivity index (χ3n) is 6.20. The number of rotatable bonds is 3. The van der Waals surface area contributed by atoms with Crippen LogP contribution in [0.25, 0.3) is 34.0 Å². The molecule has 6 rings (SSSR count). The number of hydrogen-bond acceptors (Lipinski definition) is 6. The van der Waals surface area contributed by atoms with Crippen LogP contribution in [0.4, 0.5) is 5.69 Å². The maximum absolute atomic E-state index is 5.69. The van der Waals surface area contributed by atoms with Crippen LogP contribution in [0.3, 0.4) is 0 Å². The van der Waals surface area contributed by atoms with Crippen molar-refractivity contribution >= 4 is 5.69 Å². The summed E-state index contributed by atoms with van der Waals surface area (Å²) in [5, 5.41) is 0. The Kier molecular flexibility index (Phi) is 12.4. The molecule has 0 spiro atoms. The van der Waals surface area contributed by atoms with Crippen LogP contribution < -0.4 is 5.73 Å². The van der Waals surface area contributed by atoms with Gasteiger partial charge in [0.05, 0.1) is 22.8 Å². The van der Waals surface area contributed by atoms with E-state index in [0.29, 0.717) is 0 Å². The Hall–Kier alpha value is -4.59. The van der Waals surface area contributed by atoms with Crippen LogP contribution in [0.1, 0.15) is 27.8 Å². The smallest absolute Gasteiger partial charge is 0.414 e. The number of nitrogens with zero attached hydrogens (tertiary/aromatic N) is 5. The number of aromatic nitrogens is 5. The average molecular weight is 742 g/mol. The zero-order valence-electron chi connectivity index (χ0n) is 25.1. The van der Waals surface area contributed by atoms with Crippen LogP contribution in [0, 0.1) is 40.7 Å². The monoisotopic (exact) mass is 743 g/mol. The van der Waals surface area contributed by atoms with Crippen LogP contribution in [-0.2, 0) is 19.8 Å². The van der Waals surface area contributed by atoms with Crippen molar-refractivity contribution in [3.05, 3.63) is 144 Å². The number of nitrogens with two attached hydrogens (primary N) is 1. The van der Waals surface area contributed by atoms with E-state index >= 15 is 0 Å². The van der Waals surface area contributed by atoms with Crippen molar-refractivity contribution in [1.29, 1.82) is 0 Å². The van der Waals surface area contributed by atoms with E-state index < -0.39 is 0 Å². The summed E-state index contributed by atoms with van der Waals surface area (Å²) in [7, 11) is 0. The summed E-state index contributed by atoms with van der Waals surface area (Å²) >= 11 is 0. The maximum atomic E-state index is 5.69. The van der Waals surface area contributed by atoms with E-state index in [2.05, 4.69) is 58.7 Å². The zero-order valence-corrected chi connectivity index (χ0v) is 27.6. The molecular weight excluding hydrogens is 707 g/mol. The summed E-state index contributed by atoms with van der Waals surface area (Å²) in [4.78, 5) is 21.4. The minimum Gasteiger partial charge on any atom is -0.414 e. The molecule has 7 heteroatoms. The molecular formula is C36H35N6Os. The normalized spacial score (nSPS) is 9.88. The van der Waals surface area contributed by atoms with E-state index in [0.717, 1.165) is 39.7 Å². The first-order valence-electron chi connectivity index (χ1n) is 13.7. The Bertz CT molecular complexity index is 1430. The van der Waals surface area contributed by atoms with E-state index in [1.165, 1.54) is 27.8 Å². The molecule has 43 heavy (non-hydrogen) atoms. The van der Waals surface area contributed by atoms with Gasteiger partial charge in [0, 0.05) is 31.0 Å². The molecule has 5 heterocycles. The molecule has 0 amide bonds. The predicted molar refractivity (Wildman–Crippen MR) is 172 cm³/mol. The fourth-order valence-electron chi connectivity index (χ4n) is 4.02. The van der Waals surface area contributed by atoms with Crippen molar-refractivity contribution in [2.75, 3.05) is 5.73 Å². The fraction of sp³-hybridized carbons (Fsp3) is 0.139. The molecule has 0 atom stereocenters. The summed E-state index contributed by atoms with van der Waals surface area (Å²) in [6.07, 6.45) is 9.05. The van der Waals surface area contributed by atoms with Crippen molar-refractivity contribution < 1.29 is 19.8 Å². The molecule has 0 aliphatic rings. The number of pyridine rings is 5. The van der Waals surface area contributed by atoms with Gasteiger partial charge in [-0.3, -0.25) is 19.9 Å². The molecule has 1 aromatic carbocycles. The van der Waals surface area contributed by atoms with Gasteiger partial charge in [0.1, 0.15) is 0 Å². The first kappa shape index (κ1) is 32.9. The Morgan fingerprint density at radius 3 is 1.05 bits per heavy atom. The topological polar surface area (TPSA) is 90.5 Å².